The molecule has 1 N–H and O–H groups in total. The van der Waals surface area contributed by atoms with Gasteiger partial charge in [-0.3, -0.25) is 9.69 Å². The Kier molecular flexibility index (Phi) is 2.96. The minimum atomic E-state index is -0.126. The second-order valence-electron chi connectivity index (χ2n) is 3.44. The fourth-order valence-corrected chi connectivity index (χ4v) is 1.67. The molecule has 1 fully saturated rings. The van der Waals surface area contributed by atoms with Crippen LogP contribution in [0.2, 0.25) is 0 Å². The van der Waals surface area contributed by atoms with E-state index in [1.807, 2.05) is 12.4 Å². The highest BCUT2D eigenvalue weighted by Crippen LogP contribution is 2.09. The number of furan rings is 1. The van der Waals surface area contributed by atoms with Crippen molar-refractivity contribution in [2.45, 2.75) is 12.6 Å². The summed E-state index contributed by atoms with van der Waals surface area (Å²) in [5.74, 6) is 0. The van der Waals surface area contributed by atoms with Crippen molar-refractivity contribution in [1.82, 2.24) is 10.2 Å². The van der Waals surface area contributed by atoms with E-state index in [0.29, 0.717) is 6.54 Å². The van der Waals surface area contributed by atoms with Gasteiger partial charge in [0.15, 0.2) is 0 Å². The number of rotatable bonds is 3. The molecule has 0 spiro atoms. The molecule has 0 aliphatic carbocycles. The van der Waals surface area contributed by atoms with Crippen LogP contribution in [0.4, 0.5) is 0 Å². The summed E-state index contributed by atoms with van der Waals surface area (Å²) >= 11 is 0. The molecule has 1 atom stereocenters. The zero-order valence-electron chi connectivity index (χ0n) is 7.90. The molecular formula is C10H13N2O2. The number of piperazine rings is 1. The number of hydrogen-bond donors (Lipinski definition) is 1. The number of hydrogen-bond acceptors (Lipinski definition) is 4. The third-order valence-corrected chi connectivity index (χ3v) is 2.46. The monoisotopic (exact) mass is 193 g/mol. The standard InChI is InChI=1S/C10H13N2O2/c13-7-10-5-11-2-3-12(10)6-9-1-4-14-8-9/h1,4,8,10-11H,2-3,5-6H2. The second kappa shape index (κ2) is 4.39. The average Bonchev–Trinajstić information content (AvgIpc) is 2.71. The minimum Gasteiger partial charge on any atom is -0.472 e. The fourth-order valence-electron chi connectivity index (χ4n) is 1.67. The van der Waals surface area contributed by atoms with Crippen LogP contribution in [0.3, 0.4) is 0 Å². The fraction of sp³-hybridized carbons (Fsp3) is 0.500. The van der Waals surface area contributed by atoms with E-state index in [4.69, 9.17) is 4.42 Å². The maximum Gasteiger partial charge on any atom is 0.218 e. The van der Waals surface area contributed by atoms with Crippen molar-refractivity contribution in [3.63, 3.8) is 0 Å². The number of nitrogens with one attached hydrogen (secondary N) is 1. The van der Waals surface area contributed by atoms with Crippen molar-refractivity contribution in [2.24, 2.45) is 0 Å². The summed E-state index contributed by atoms with van der Waals surface area (Å²) in [5.41, 5.74) is 1.10. The third-order valence-electron chi connectivity index (χ3n) is 2.46. The topological polar surface area (TPSA) is 45.5 Å². The lowest BCUT2D eigenvalue weighted by atomic mass is 10.2. The van der Waals surface area contributed by atoms with Gasteiger partial charge in [0.1, 0.15) is 0 Å². The van der Waals surface area contributed by atoms with E-state index in [9.17, 15) is 4.79 Å². The van der Waals surface area contributed by atoms with Crippen LogP contribution in [0, 0.1) is 0 Å². The van der Waals surface area contributed by atoms with Gasteiger partial charge in [-0.05, 0) is 6.07 Å². The van der Waals surface area contributed by atoms with E-state index >= 15 is 0 Å². The molecule has 1 radical (unpaired) electrons. The molecule has 4 heteroatoms. The van der Waals surface area contributed by atoms with Crippen molar-refractivity contribution in [2.75, 3.05) is 19.6 Å². The van der Waals surface area contributed by atoms with E-state index in [-0.39, 0.29) is 6.04 Å². The molecule has 1 aromatic heterocycles. The Morgan fingerprint density at radius 3 is 3.36 bits per heavy atom. The predicted octanol–water partition coefficient (Wildman–Crippen LogP) is 0.163. The Balaban J connectivity index is 1.98. The number of carbonyl (C=O) groups excluding carboxylic acids is 1. The molecule has 1 aromatic rings. The molecule has 0 bridgehead atoms. The molecule has 1 aliphatic heterocycles. The van der Waals surface area contributed by atoms with Crippen molar-refractivity contribution in [3.8, 4) is 0 Å². The van der Waals surface area contributed by atoms with Crippen LogP contribution >= 0.6 is 0 Å². The molecule has 0 saturated carbocycles. The van der Waals surface area contributed by atoms with Crippen LogP contribution in [-0.4, -0.2) is 36.9 Å². The normalized spacial score (nSPS) is 23.6. The largest absolute Gasteiger partial charge is 0.472 e. The molecule has 0 amide bonds. The Bertz CT molecular complexity index is 284. The van der Waals surface area contributed by atoms with Gasteiger partial charge in [0.05, 0.1) is 18.6 Å². The van der Waals surface area contributed by atoms with Crippen LogP contribution in [0.5, 0.6) is 0 Å². The first-order valence-corrected chi connectivity index (χ1v) is 4.73. The van der Waals surface area contributed by atoms with Gasteiger partial charge in [-0.25, -0.2) is 0 Å². The van der Waals surface area contributed by atoms with Crippen molar-refractivity contribution < 1.29 is 9.21 Å². The Labute approximate surface area is 82.9 Å². The molecule has 1 saturated heterocycles. The lowest BCUT2D eigenvalue weighted by molar-refractivity contribution is 0.192. The highest BCUT2D eigenvalue weighted by Gasteiger charge is 2.22. The van der Waals surface area contributed by atoms with Crippen molar-refractivity contribution >= 4 is 6.29 Å². The summed E-state index contributed by atoms with van der Waals surface area (Å²) in [7, 11) is 0. The quantitative estimate of drug-likeness (QED) is 0.743. The Morgan fingerprint density at radius 1 is 1.71 bits per heavy atom. The Hall–Kier alpha value is -1.13. The van der Waals surface area contributed by atoms with E-state index in [0.717, 1.165) is 25.2 Å². The Morgan fingerprint density at radius 2 is 2.64 bits per heavy atom. The van der Waals surface area contributed by atoms with Crippen LogP contribution < -0.4 is 5.32 Å². The molecule has 1 unspecified atom stereocenters. The highest BCUT2D eigenvalue weighted by atomic mass is 16.3. The van der Waals surface area contributed by atoms with E-state index in [1.165, 1.54) is 0 Å². The van der Waals surface area contributed by atoms with Crippen LogP contribution in [0.1, 0.15) is 5.56 Å². The molecule has 14 heavy (non-hydrogen) atoms. The van der Waals surface area contributed by atoms with Gasteiger partial charge in [0.25, 0.3) is 0 Å². The zero-order valence-corrected chi connectivity index (χ0v) is 7.90. The summed E-state index contributed by atoms with van der Waals surface area (Å²) in [6.45, 7) is 3.26. The third kappa shape index (κ3) is 2.02. The van der Waals surface area contributed by atoms with Gasteiger partial charge < -0.3 is 9.73 Å². The zero-order chi connectivity index (χ0) is 9.80. The SMILES string of the molecule is O=[C]C1CNCCN1Cc1ccoc1. The first kappa shape index (κ1) is 9.43. The summed E-state index contributed by atoms with van der Waals surface area (Å²) in [6, 6.07) is 1.79. The summed E-state index contributed by atoms with van der Waals surface area (Å²) in [6.07, 6.45) is 5.41. The van der Waals surface area contributed by atoms with Crippen LogP contribution in [0.15, 0.2) is 23.0 Å². The smallest absolute Gasteiger partial charge is 0.218 e. The van der Waals surface area contributed by atoms with Gasteiger partial charge in [0, 0.05) is 31.7 Å². The first-order chi connectivity index (χ1) is 6.90. The van der Waals surface area contributed by atoms with Gasteiger partial charge in [-0.15, -0.1) is 0 Å². The van der Waals surface area contributed by atoms with Gasteiger partial charge in [-0.2, -0.15) is 0 Å². The minimum absolute atomic E-state index is 0.126. The van der Waals surface area contributed by atoms with Crippen LogP contribution in [-0.2, 0) is 11.3 Å². The van der Waals surface area contributed by atoms with E-state index in [1.54, 1.807) is 12.5 Å². The van der Waals surface area contributed by atoms with E-state index < -0.39 is 0 Å². The van der Waals surface area contributed by atoms with E-state index in [2.05, 4.69) is 10.2 Å². The maximum absolute atomic E-state index is 10.7. The van der Waals surface area contributed by atoms with Gasteiger partial charge in [-0.1, -0.05) is 0 Å². The first-order valence-electron chi connectivity index (χ1n) is 4.73. The van der Waals surface area contributed by atoms with Gasteiger partial charge in [0.2, 0.25) is 6.29 Å². The molecule has 4 nitrogen and oxygen atoms in total. The number of nitrogens with zero attached hydrogens (tertiary/aromatic N) is 1. The van der Waals surface area contributed by atoms with Crippen LogP contribution in [0.25, 0.3) is 0 Å². The van der Waals surface area contributed by atoms with Crippen molar-refractivity contribution in [1.29, 1.82) is 0 Å². The van der Waals surface area contributed by atoms with Crippen molar-refractivity contribution in [3.05, 3.63) is 24.2 Å². The molecule has 2 rings (SSSR count). The molecule has 2 heterocycles. The summed E-state index contributed by atoms with van der Waals surface area (Å²) in [5, 5.41) is 3.17. The lowest BCUT2D eigenvalue weighted by Crippen LogP contribution is -2.51. The predicted molar refractivity (Wildman–Crippen MR) is 51.5 cm³/mol. The second-order valence-corrected chi connectivity index (χ2v) is 3.44. The molecular weight excluding hydrogens is 180 g/mol. The average molecular weight is 193 g/mol. The lowest BCUT2D eigenvalue weighted by Gasteiger charge is -2.31. The summed E-state index contributed by atoms with van der Waals surface area (Å²) < 4.78 is 4.98. The maximum atomic E-state index is 10.7. The molecule has 1 aliphatic rings. The highest BCUT2D eigenvalue weighted by molar-refractivity contribution is 5.59. The molecule has 0 aromatic carbocycles. The summed E-state index contributed by atoms with van der Waals surface area (Å²) in [4.78, 5) is 12.8. The van der Waals surface area contributed by atoms with Gasteiger partial charge >= 0.3 is 0 Å². The molecule has 75 valence electrons.